The van der Waals surface area contributed by atoms with Gasteiger partial charge in [-0.25, -0.2) is 0 Å². The van der Waals surface area contributed by atoms with Crippen molar-refractivity contribution in [2.75, 3.05) is 6.26 Å². The summed E-state index contributed by atoms with van der Waals surface area (Å²) in [6.07, 6.45) is 2.29. The lowest BCUT2D eigenvalue weighted by atomic mass is 10.00. The van der Waals surface area contributed by atoms with E-state index in [1.165, 1.54) is 12.1 Å². The molecule has 0 saturated carbocycles. The Morgan fingerprint density at radius 3 is 2.63 bits per heavy atom. The molecule has 0 fully saturated rings. The summed E-state index contributed by atoms with van der Waals surface area (Å²) in [7, 11) is -3.90. The minimum Gasteiger partial charge on any atom is -0.382 e. The lowest BCUT2D eigenvalue weighted by Crippen LogP contribution is -2.25. The number of aromatic nitrogens is 1. The van der Waals surface area contributed by atoms with E-state index >= 15 is 0 Å². The number of hydrogen-bond acceptors (Lipinski definition) is 5. The lowest BCUT2D eigenvalue weighted by Gasteiger charge is -2.17. The summed E-state index contributed by atoms with van der Waals surface area (Å²) >= 11 is 6.29. The molecule has 9 nitrogen and oxygen atoms in total. The largest absolute Gasteiger partial charge is 0.382 e. The summed E-state index contributed by atoms with van der Waals surface area (Å²) in [5.41, 5.74) is 11.1. The van der Waals surface area contributed by atoms with Crippen molar-refractivity contribution in [3.8, 4) is 5.75 Å². The zero-order chi connectivity index (χ0) is 19.9. The van der Waals surface area contributed by atoms with Crippen LogP contribution >= 0.6 is 11.6 Å². The van der Waals surface area contributed by atoms with Gasteiger partial charge in [-0.15, -0.1) is 0 Å². The Morgan fingerprint density at radius 2 is 2.00 bits per heavy atom. The highest BCUT2D eigenvalue weighted by Crippen LogP contribution is 2.39. The molecule has 0 radical (unpaired) electrons. The topological polar surface area (TPSA) is 147 Å². The Balaban J connectivity index is 2.40. The molecule has 1 aliphatic heterocycles. The molecule has 4 N–H and O–H groups in total. The summed E-state index contributed by atoms with van der Waals surface area (Å²) in [5, 5.41) is 0.551. The molecule has 27 heavy (non-hydrogen) atoms. The van der Waals surface area contributed by atoms with Gasteiger partial charge in [0.15, 0.2) is 17.5 Å². The average molecular weight is 413 g/mol. The fourth-order valence-corrected chi connectivity index (χ4v) is 3.85. The highest BCUT2D eigenvalue weighted by Gasteiger charge is 2.28. The van der Waals surface area contributed by atoms with Crippen LogP contribution in [-0.4, -0.2) is 36.9 Å². The van der Waals surface area contributed by atoms with Gasteiger partial charge in [-0.2, -0.15) is 13.4 Å². The van der Waals surface area contributed by atoms with Crippen LogP contribution in [0.1, 0.15) is 40.1 Å². The number of aryl methyl sites for hydroxylation is 1. The van der Waals surface area contributed by atoms with Crippen LogP contribution in [0, 0.1) is 0 Å². The molecule has 0 aliphatic carbocycles. The molecular weight excluding hydrogens is 396 g/mol. The number of nitrogens with two attached hydrogens (primary N) is 2. The number of amides is 1. The molecule has 1 aromatic carbocycles. The van der Waals surface area contributed by atoms with Gasteiger partial charge in [0.05, 0.1) is 22.4 Å². The van der Waals surface area contributed by atoms with Crippen molar-refractivity contribution in [3.05, 3.63) is 28.4 Å². The molecular formula is C16H17ClN4O5S. The van der Waals surface area contributed by atoms with Crippen molar-refractivity contribution in [2.24, 2.45) is 16.5 Å². The van der Waals surface area contributed by atoms with Gasteiger partial charge < -0.3 is 20.2 Å². The standard InChI is InChI=1S/C16H17ClN4O5S/c1-27(24,25)26-12-7-9(17)8-6-10(15(23)20-16(18)19)21-5-3-2-4-11(22)13(12)14(8)21/h6-7H,2-5H2,1H3,(H4,18,19,20,23). The molecule has 0 bridgehead atoms. The van der Waals surface area contributed by atoms with Gasteiger partial charge in [-0.05, 0) is 18.9 Å². The van der Waals surface area contributed by atoms with Crippen LogP contribution in [-0.2, 0) is 16.7 Å². The number of benzene rings is 1. The Bertz CT molecular complexity index is 1100. The van der Waals surface area contributed by atoms with E-state index in [2.05, 4.69) is 4.99 Å². The highest BCUT2D eigenvalue weighted by atomic mass is 35.5. The maximum absolute atomic E-state index is 12.7. The quantitative estimate of drug-likeness (QED) is 0.440. The van der Waals surface area contributed by atoms with Gasteiger partial charge in [0.2, 0.25) is 0 Å². The molecule has 1 amide bonds. The lowest BCUT2D eigenvalue weighted by molar-refractivity contribution is 0.0968. The summed E-state index contributed by atoms with van der Waals surface area (Å²) in [6.45, 7) is 0.406. The van der Waals surface area contributed by atoms with E-state index in [9.17, 15) is 18.0 Å². The zero-order valence-electron chi connectivity index (χ0n) is 14.4. The van der Waals surface area contributed by atoms with Crippen LogP contribution < -0.4 is 15.7 Å². The van der Waals surface area contributed by atoms with E-state index in [4.69, 9.17) is 27.3 Å². The van der Waals surface area contributed by atoms with Gasteiger partial charge in [0, 0.05) is 24.4 Å². The van der Waals surface area contributed by atoms with E-state index in [1.807, 2.05) is 0 Å². The number of ketones is 1. The second-order valence-electron chi connectivity index (χ2n) is 6.18. The Morgan fingerprint density at radius 1 is 1.30 bits per heavy atom. The number of aliphatic imine (C=N–C) groups is 1. The second kappa shape index (κ2) is 6.86. The van der Waals surface area contributed by atoms with Crippen LogP contribution in [0.5, 0.6) is 5.75 Å². The predicted octanol–water partition coefficient (Wildman–Crippen LogP) is 1.41. The van der Waals surface area contributed by atoms with E-state index in [0.29, 0.717) is 30.3 Å². The number of Topliss-reactive ketones (excluding diaryl/α,β-unsaturated/α-hetero) is 1. The van der Waals surface area contributed by atoms with Crippen molar-refractivity contribution in [1.29, 1.82) is 0 Å². The van der Waals surface area contributed by atoms with Crippen molar-refractivity contribution >= 4 is 50.3 Å². The number of hydrogen-bond donors (Lipinski definition) is 2. The maximum Gasteiger partial charge on any atom is 0.306 e. The van der Waals surface area contributed by atoms with Gasteiger partial charge in [0.1, 0.15) is 5.69 Å². The molecule has 1 aromatic heterocycles. The third kappa shape index (κ3) is 3.76. The number of carbonyl (C=O) groups excluding carboxylic acids is 2. The molecule has 3 rings (SSSR count). The van der Waals surface area contributed by atoms with Gasteiger partial charge in [-0.3, -0.25) is 9.59 Å². The highest BCUT2D eigenvalue weighted by molar-refractivity contribution is 7.86. The third-order valence-corrected chi connectivity index (χ3v) is 4.90. The third-order valence-electron chi connectivity index (χ3n) is 4.10. The van der Waals surface area contributed by atoms with Crippen molar-refractivity contribution in [2.45, 2.75) is 25.8 Å². The first-order chi connectivity index (χ1) is 12.6. The second-order valence-corrected chi connectivity index (χ2v) is 8.17. The van der Waals surface area contributed by atoms with Crippen LogP contribution in [0.15, 0.2) is 17.1 Å². The van der Waals surface area contributed by atoms with Crippen LogP contribution in [0.2, 0.25) is 5.02 Å². The molecule has 1 aliphatic rings. The van der Waals surface area contributed by atoms with Crippen LogP contribution in [0.25, 0.3) is 10.9 Å². The molecule has 2 heterocycles. The molecule has 0 unspecified atom stereocenters. The SMILES string of the molecule is CS(=O)(=O)Oc1cc(Cl)c2cc(C(=O)N=C(N)N)n3c2c1C(=O)CCCC3. The Hall–Kier alpha value is -2.59. The summed E-state index contributed by atoms with van der Waals surface area (Å²) in [6, 6.07) is 2.75. The Labute approximate surface area is 160 Å². The monoisotopic (exact) mass is 412 g/mol. The van der Waals surface area contributed by atoms with Crippen molar-refractivity contribution < 1.29 is 22.2 Å². The first-order valence-corrected chi connectivity index (χ1v) is 10.2. The normalized spacial score (nSPS) is 14.5. The molecule has 11 heteroatoms. The first kappa shape index (κ1) is 19.2. The van der Waals surface area contributed by atoms with Crippen LogP contribution in [0.4, 0.5) is 0 Å². The van der Waals surface area contributed by atoms with Gasteiger partial charge >= 0.3 is 10.1 Å². The Kier molecular flexibility index (Phi) is 4.87. The molecule has 144 valence electrons. The average Bonchev–Trinajstić information content (AvgIpc) is 2.87. The van der Waals surface area contributed by atoms with E-state index in [-0.39, 0.29) is 34.2 Å². The molecule has 0 saturated heterocycles. The molecule has 2 aromatic rings. The van der Waals surface area contributed by atoms with Crippen molar-refractivity contribution in [3.63, 3.8) is 0 Å². The summed E-state index contributed by atoms with van der Waals surface area (Å²) in [5.74, 6) is -1.54. The first-order valence-electron chi connectivity index (χ1n) is 8.01. The summed E-state index contributed by atoms with van der Waals surface area (Å²) in [4.78, 5) is 28.7. The number of guanidine groups is 1. The minimum atomic E-state index is -3.90. The maximum atomic E-state index is 12.7. The van der Waals surface area contributed by atoms with E-state index < -0.39 is 22.0 Å². The predicted molar refractivity (Wildman–Crippen MR) is 101 cm³/mol. The van der Waals surface area contributed by atoms with E-state index in [0.717, 1.165) is 6.26 Å². The van der Waals surface area contributed by atoms with Crippen molar-refractivity contribution in [1.82, 2.24) is 4.57 Å². The van der Waals surface area contributed by atoms with E-state index in [1.54, 1.807) is 4.57 Å². The smallest absolute Gasteiger partial charge is 0.306 e. The van der Waals surface area contributed by atoms with Crippen LogP contribution in [0.3, 0.4) is 0 Å². The fourth-order valence-electron chi connectivity index (χ4n) is 3.14. The number of halogens is 1. The van der Waals surface area contributed by atoms with Gasteiger partial charge in [-0.1, -0.05) is 11.6 Å². The number of carbonyl (C=O) groups is 2. The number of nitrogens with zero attached hydrogens (tertiary/aromatic N) is 2. The van der Waals surface area contributed by atoms with Gasteiger partial charge in [0.25, 0.3) is 5.91 Å². The number of rotatable bonds is 3. The molecule has 0 spiro atoms. The zero-order valence-corrected chi connectivity index (χ0v) is 15.9. The fraction of sp³-hybridized carbons (Fsp3) is 0.312. The molecule has 0 atom stereocenters. The minimum absolute atomic E-state index is 0.0725. The summed E-state index contributed by atoms with van der Waals surface area (Å²) < 4.78 is 29.8.